The summed E-state index contributed by atoms with van der Waals surface area (Å²) in [6.45, 7) is 4.09. The second-order valence-electron chi connectivity index (χ2n) is 16.1. The molecule has 1 rings (SSSR count). The van der Waals surface area contributed by atoms with Crippen LogP contribution < -0.4 is 0 Å². The number of allylic oxidation sites excluding steroid dienone is 16. The smallest absolute Gasteiger partial charge is 0.462 e. The Bertz CT molecular complexity index is 1470. The minimum absolute atomic E-state index is 0.00180. The number of epoxide rings is 1. The van der Waals surface area contributed by atoms with Crippen molar-refractivity contribution >= 4 is 19.8 Å². The van der Waals surface area contributed by atoms with E-state index in [0.29, 0.717) is 42.5 Å². The zero-order valence-electron chi connectivity index (χ0n) is 38.3. The highest BCUT2D eigenvalue weighted by Crippen LogP contribution is 2.43. The molecule has 0 aliphatic carbocycles. The molecule has 1 aliphatic rings. The van der Waals surface area contributed by atoms with Crippen LogP contribution in [0.1, 0.15) is 129 Å². The summed E-state index contributed by atoms with van der Waals surface area (Å²) in [5.41, 5.74) is 0. The van der Waals surface area contributed by atoms with E-state index < -0.39 is 32.5 Å². The van der Waals surface area contributed by atoms with Crippen LogP contribution in [-0.4, -0.2) is 87.1 Å². The van der Waals surface area contributed by atoms with Crippen LogP contribution in [-0.2, 0) is 37.4 Å². The zero-order chi connectivity index (χ0) is 44.7. The number of phosphoric acid groups is 1. The highest BCUT2D eigenvalue weighted by atomic mass is 31.2. The van der Waals surface area contributed by atoms with E-state index in [-0.39, 0.29) is 26.1 Å². The maximum Gasteiger partial charge on any atom is 0.472 e. The van der Waals surface area contributed by atoms with Crippen LogP contribution in [0.15, 0.2) is 109 Å². The van der Waals surface area contributed by atoms with Gasteiger partial charge >= 0.3 is 19.8 Å². The monoisotopic (exact) mass is 871 g/mol. The van der Waals surface area contributed by atoms with Crippen molar-refractivity contribution in [3.63, 3.8) is 0 Å². The van der Waals surface area contributed by atoms with Gasteiger partial charge in [0.05, 0.1) is 40.0 Å². The lowest BCUT2D eigenvalue weighted by Crippen LogP contribution is -2.37. The second kappa shape index (κ2) is 37.2. The summed E-state index contributed by atoms with van der Waals surface area (Å²) in [5, 5.41) is 0. The van der Waals surface area contributed by atoms with Crippen molar-refractivity contribution in [2.24, 2.45) is 0 Å². The molecule has 0 saturated carbocycles. The molecule has 0 aromatic rings. The number of ether oxygens (including phenoxy) is 3. The number of phosphoric ester groups is 1. The predicted molar refractivity (Wildman–Crippen MR) is 251 cm³/mol. The Balaban J connectivity index is 2.37. The first-order valence-corrected chi connectivity index (χ1v) is 24.2. The van der Waals surface area contributed by atoms with Crippen molar-refractivity contribution in [1.29, 1.82) is 0 Å². The van der Waals surface area contributed by atoms with Crippen LogP contribution in [0.3, 0.4) is 0 Å². The molecule has 0 amide bonds. The highest BCUT2D eigenvalue weighted by Gasteiger charge is 2.36. The Labute approximate surface area is 370 Å². The number of esters is 2. The van der Waals surface area contributed by atoms with Crippen molar-refractivity contribution in [1.82, 2.24) is 0 Å². The number of unbranched alkanes of at least 4 members (excludes halogenated alkanes) is 4. The molecule has 1 aliphatic heterocycles. The number of quaternary nitrogens is 1. The van der Waals surface area contributed by atoms with Gasteiger partial charge in [0.2, 0.25) is 0 Å². The van der Waals surface area contributed by atoms with Crippen LogP contribution in [0.5, 0.6) is 0 Å². The SMILES string of the molecule is CC/C=C\CC1OC1C/C=C\C/C=C\C/C=C\C/C=C\CCC(=O)OC[C@H](COP(=O)(O)OCC[N+](C)(C)C)OC(=O)CCC/C=C\C/C=C\C/C=C\C/C=C\CCCCC. The van der Waals surface area contributed by atoms with Gasteiger partial charge in [-0.15, -0.1) is 0 Å². The fourth-order valence-electron chi connectivity index (χ4n) is 5.54. The molecule has 0 spiro atoms. The highest BCUT2D eigenvalue weighted by molar-refractivity contribution is 7.47. The maximum absolute atomic E-state index is 12.7. The molecule has 0 aromatic heterocycles. The molecular formula is C50H81NO9P+. The minimum atomic E-state index is -4.42. The third-order valence-electron chi connectivity index (χ3n) is 9.20. The van der Waals surface area contributed by atoms with E-state index in [1.807, 2.05) is 39.4 Å². The average molecular weight is 871 g/mol. The lowest BCUT2D eigenvalue weighted by Gasteiger charge is -2.24. The van der Waals surface area contributed by atoms with Crippen molar-refractivity contribution in [2.75, 3.05) is 47.5 Å². The minimum Gasteiger partial charge on any atom is -0.462 e. The topological polar surface area (TPSA) is 121 Å². The molecule has 1 heterocycles. The summed E-state index contributed by atoms with van der Waals surface area (Å²) in [4.78, 5) is 35.4. The van der Waals surface area contributed by atoms with Gasteiger partial charge in [-0.1, -0.05) is 136 Å². The average Bonchev–Trinajstić information content (AvgIpc) is 3.97. The van der Waals surface area contributed by atoms with Crippen molar-refractivity contribution in [2.45, 2.75) is 148 Å². The zero-order valence-corrected chi connectivity index (χ0v) is 39.2. The number of likely N-dealkylation sites (N-methyl/N-ethyl adjacent to an activating group) is 1. The number of hydrogen-bond acceptors (Lipinski definition) is 8. The molecule has 3 unspecified atom stereocenters. The summed E-state index contributed by atoms with van der Waals surface area (Å²) >= 11 is 0. The Morgan fingerprint density at radius 2 is 1.10 bits per heavy atom. The first-order valence-electron chi connectivity index (χ1n) is 22.7. The number of hydrogen-bond donors (Lipinski definition) is 1. The number of nitrogens with zero attached hydrogens (tertiary/aromatic N) is 1. The fourth-order valence-corrected chi connectivity index (χ4v) is 6.28. The van der Waals surface area contributed by atoms with E-state index in [9.17, 15) is 19.0 Å². The molecule has 0 bridgehead atoms. The molecule has 1 N–H and O–H groups in total. The Kier molecular flexibility index (Phi) is 33.9. The second-order valence-corrected chi connectivity index (χ2v) is 17.5. The summed E-state index contributed by atoms with van der Waals surface area (Å²) < 4.78 is 39.8. The lowest BCUT2D eigenvalue weighted by atomic mass is 10.1. The first-order chi connectivity index (χ1) is 29.5. The fraction of sp³-hybridized carbons (Fsp3) is 0.600. The van der Waals surface area contributed by atoms with Crippen LogP contribution >= 0.6 is 7.82 Å². The van der Waals surface area contributed by atoms with Crippen molar-refractivity contribution in [3.8, 4) is 0 Å². The van der Waals surface area contributed by atoms with Gasteiger partial charge in [0.15, 0.2) is 6.10 Å². The van der Waals surface area contributed by atoms with E-state index in [4.69, 9.17) is 23.3 Å². The molecule has 4 atom stereocenters. The van der Waals surface area contributed by atoms with E-state index in [1.54, 1.807) is 0 Å². The van der Waals surface area contributed by atoms with E-state index in [0.717, 1.165) is 64.2 Å². The van der Waals surface area contributed by atoms with E-state index in [1.165, 1.54) is 19.3 Å². The van der Waals surface area contributed by atoms with Gasteiger partial charge in [-0.3, -0.25) is 18.6 Å². The van der Waals surface area contributed by atoms with Gasteiger partial charge in [-0.05, 0) is 89.9 Å². The maximum atomic E-state index is 12.7. The molecule has 0 aromatic carbocycles. The normalized spacial score (nSPS) is 17.9. The van der Waals surface area contributed by atoms with E-state index in [2.05, 4.69) is 105 Å². The summed E-state index contributed by atoms with van der Waals surface area (Å²) in [6.07, 6.45) is 53.4. The molecule has 1 saturated heterocycles. The summed E-state index contributed by atoms with van der Waals surface area (Å²) in [5.74, 6) is -0.979. The number of carbonyl (C=O) groups excluding carboxylic acids is 2. The Morgan fingerprint density at radius 3 is 1.62 bits per heavy atom. The summed E-state index contributed by atoms with van der Waals surface area (Å²) in [6, 6.07) is 0. The summed E-state index contributed by atoms with van der Waals surface area (Å²) in [7, 11) is 1.38. The third-order valence-corrected chi connectivity index (χ3v) is 10.2. The van der Waals surface area contributed by atoms with Crippen LogP contribution in [0.25, 0.3) is 0 Å². The molecule has 0 radical (unpaired) electrons. The predicted octanol–water partition coefficient (Wildman–Crippen LogP) is 12.1. The largest absolute Gasteiger partial charge is 0.472 e. The molecule has 10 nitrogen and oxygen atoms in total. The van der Waals surface area contributed by atoms with Crippen LogP contribution in [0.4, 0.5) is 0 Å². The van der Waals surface area contributed by atoms with Gasteiger partial charge in [0.25, 0.3) is 0 Å². The number of carbonyl (C=O) groups is 2. The first kappa shape index (κ1) is 55.6. The quantitative estimate of drug-likeness (QED) is 0.0161. The van der Waals surface area contributed by atoms with Gasteiger partial charge in [0.1, 0.15) is 19.8 Å². The van der Waals surface area contributed by atoms with Crippen molar-refractivity contribution < 1.29 is 46.8 Å². The molecule has 1 fully saturated rings. The Hall–Kier alpha value is -3.37. The standard InChI is InChI=1S/C50H80NO9P/c1-6-8-10-11-12-13-14-15-16-17-18-19-24-27-30-33-37-41-50(53)59-46(45-58-61(54,55)57-43-42-51(3,4)5)44-56-49(52)40-36-32-29-26-23-21-20-22-25-28-31-35-39-48-47(60-48)38-34-9-7-2/h9,12-13,15-16,18-19,21-23,25,27,29-32,34-35,46-48H,6-8,10-11,14,17,20,24,26,28,33,36-45H2,1-5H3/p+1/b13-12-,16-15-,19-18-,23-21-,25-22-,30-27-,32-29-,34-9-,35-31-/t46-,47?,48?/m1/s1. The number of rotatable bonds is 38. The Morgan fingerprint density at radius 1 is 0.607 bits per heavy atom. The molecule has 61 heavy (non-hydrogen) atoms. The molecular weight excluding hydrogens is 790 g/mol. The van der Waals surface area contributed by atoms with Gasteiger partial charge < -0.3 is 23.6 Å². The van der Waals surface area contributed by atoms with Gasteiger partial charge in [0, 0.05) is 12.8 Å². The van der Waals surface area contributed by atoms with Crippen LogP contribution in [0, 0.1) is 0 Å². The molecule has 344 valence electrons. The lowest BCUT2D eigenvalue weighted by molar-refractivity contribution is -0.870. The van der Waals surface area contributed by atoms with Gasteiger partial charge in [-0.2, -0.15) is 0 Å². The van der Waals surface area contributed by atoms with Crippen molar-refractivity contribution in [3.05, 3.63) is 109 Å². The van der Waals surface area contributed by atoms with Gasteiger partial charge in [-0.25, -0.2) is 4.57 Å². The molecule has 11 heteroatoms. The third kappa shape index (κ3) is 38.1. The van der Waals surface area contributed by atoms with Crippen LogP contribution in [0.2, 0.25) is 0 Å². The van der Waals surface area contributed by atoms with E-state index >= 15 is 0 Å².